The van der Waals surface area contributed by atoms with Crippen LogP contribution in [0.1, 0.15) is 21.5 Å². The fraction of sp³-hybridized carbons (Fsp3) is 0.100. The zero-order chi connectivity index (χ0) is 18.5. The Balaban J connectivity index is 1.70. The fourth-order valence-electron chi connectivity index (χ4n) is 2.45. The maximum atomic E-state index is 12.5. The molecule has 0 unspecified atom stereocenters. The SMILES string of the molecule is Cc1ccccc1CNc1cncc(C(=O)Nc2ccc(Cl)cc2Cl)c1. The van der Waals surface area contributed by atoms with E-state index in [4.69, 9.17) is 23.2 Å². The molecule has 0 aliphatic rings. The number of carbonyl (C=O) groups excluding carboxylic acids is 1. The Kier molecular flexibility index (Phi) is 5.76. The van der Waals surface area contributed by atoms with Crippen LogP contribution in [0.15, 0.2) is 60.9 Å². The summed E-state index contributed by atoms with van der Waals surface area (Å²) >= 11 is 12.0. The highest BCUT2D eigenvalue weighted by atomic mass is 35.5. The Labute approximate surface area is 162 Å². The molecule has 0 saturated carbocycles. The van der Waals surface area contributed by atoms with Gasteiger partial charge >= 0.3 is 0 Å². The quantitative estimate of drug-likeness (QED) is 0.604. The van der Waals surface area contributed by atoms with Gasteiger partial charge < -0.3 is 10.6 Å². The number of carbonyl (C=O) groups is 1. The highest BCUT2D eigenvalue weighted by molar-refractivity contribution is 6.36. The third-order valence-corrected chi connectivity index (χ3v) is 4.47. The molecule has 0 aliphatic heterocycles. The van der Waals surface area contributed by atoms with Gasteiger partial charge in [-0.25, -0.2) is 0 Å². The number of amides is 1. The van der Waals surface area contributed by atoms with Crippen LogP contribution in [0.25, 0.3) is 0 Å². The van der Waals surface area contributed by atoms with Gasteiger partial charge in [0.15, 0.2) is 0 Å². The average Bonchev–Trinajstić information content (AvgIpc) is 2.63. The standard InChI is InChI=1S/C20H17Cl2N3O/c1-13-4-2-3-5-14(13)11-24-17-8-15(10-23-12-17)20(26)25-19-7-6-16(21)9-18(19)22/h2-10,12,24H,11H2,1H3,(H,25,26). The minimum absolute atomic E-state index is 0.290. The number of hydrogen-bond acceptors (Lipinski definition) is 3. The Bertz CT molecular complexity index is 944. The van der Waals surface area contributed by atoms with E-state index in [0.29, 0.717) is 27.8 Å². The molecule has 6 heteroatoms. The predicted octanol–water partition coefficient (Wildman–Crippen LogP) is 5.56. The van der Waals surface area contributed by atoms with E-state index in [1.165, 1.54) is 17.3 Å². The first-order chi connectivity index (χ1) is 12.5. The summed E-state index contributed by atoms with van der Waals surface area (Å²) < 4.78 is 0. The number of benzene rings is 2. The summed E-state index contributed by atoms with van der Waals surface area (Å²) in [4.78, 5) is 16.6. The summed E-state index contributed by atoms with van der Waals surface area (Å²) in [5, 5.41) is 6.95. The molecule has 0 aliphatic carbocycles. The molecule has 0 spiro atoms. The topological polar surface area (TPSA) is 54.0 Å². The molecule has 0 saturated heterocycles. The predicted molar refractivity (Wildman–Crippen MR) is 107 cm³/mol. The van der Waals surface area contributed by atoms with Gasteiger partial charge in [-0.15, -0.1) is 0 Å². The first kappa shape index (κ1) is 18.2. The second-order valence-corrected chi connectivity index (χ2v) is 6.66. The van der Waals surface area contributed by atoms with Gasteiger partial charge in [0, 0.05) is 24.0 Å². The zero-order valence-electron chi connectivity index (χ0n) is 14.1. The third kappa shape index (κ3) is 4.54. The molecule has 2 N–H and O–H groups in total. The summed E-state index contributed by atoms with van der Waals surface area (Å²) in [5.41, 5.74) is 4.10. The molecule has 1 aromatic heterocycles. The Hall–Kier alpha value is -2.56. The van der Waals surface area contributed by atoms with Gasteiger partial charge in [0.1, 0.15) is 0 Å². The van der Waals surface area contributed by atoms with E-state index in [1.807, 2.05) is 12.1 Å². The van der Waals surface area contributed by atoms with Gasteiger partial charge in [0.2, 0.25) is 0 Å². The van der Waals surface area contributed by atoms with Crippen LogP contribution in [-0.4, -0.2) is 10.9 Å². The van der Waals surface area contributed by atoms with Gasteiger partial charge in [0.25, 0.3) is 5.91 Å². The van der Waals surface area contributed by atoms with Gasteiger partial charge in [-0.2, -0.15) is 0 Å². The summed E-state index contributed by atoms with van der Waals surface area (Å²) in [6.45, 7) is 2.72. The minimum Gasteiger partial charge on any atom is -0.380 e. The molecule has 0 fully saturated rings. The van der Waals surface area contributed by atoms with Crippen molar-refractivity contribution in [2.45, 2.75) is 13.5 Å². The molecule has 0 bridgehead atoms. The van der Waals surface area contributed by atoms with Crippen molar-refractivity contribution in [3.05, 3.63) is 87.7 Å². The maximum absolute atomic E-state index is 12.5. The molecular formula is C20H17Cl2N3O. The van der Waals surface area contributed by atoms with Gasteiger partial charge in [-0.1, -0.05) is 47.5 Å². The minimum atomic E-state index is -0.290. The molecule has 3 rings (SSSR count). The largest absolute Gasteiger partial charge is 0.380 e. The molecule has 3 aromatic rings. The van der Waals surface area contributed by atoms with Crippen molar-refractivity contribution >= 4 is 40.5 Å². The third-order valence-electron chi connectivity index (χ3n) is 3.92. The number of nitrogens with zero attached hydrogens (tertiary/aromatic N) is 1. The second kappa shape index (κ2) is 8.21. The van der Waals surface area contributed by atoms with E-state index >= 15 is 0 Å². The monoisotopic (exact) mass is 385 g/mol. The molecule has 132 valence electrons. The van der Waals surface area contributed by atoms with E-state index < -0.39 is 0 Å². The lowest BCUT2D eigenvalue weighted by atomic mass is 10.1. The summed E-state index contributed by atoms with van der Waals surface area (Å²) in [5.74, 6) is -0.290. The highest BCUT2D eigenvalue weighted by Gasteiger charge is 2.10. The van der Waals surface area contributed by atoms with Crippen molar-refractivity contribution in [2.75, 3.05) is 10.6 Å². The molecule has 2 aromatic carbocycles. The number of hydrogen-bond donors (Lipinski definition) is 2. The van der Waals surface area contributed by atoms with E-state index in [1.54, 1.807) is 30.5 Å². The van der Waals surface area contributed by atoms with Gasteiger partial charge in [-0.05, 0) is 42.3 Å². The maximum Gasteiger partial charge on any atom is 0.257 e. The molecule has 0 radical (unpaired) electrons. The van der Waals surface area contributed by atoms with Crippen LogP contribution < -0.4 is 10.6 Å². The lowest BCUT2D eigenvalue weighted by Gasteiger charge is -2.11. The second-order valence-electron chi connectivity index (χ2n) is 5.82. The summed E-state index contributed by atoms with van der Waals surface area (Å²) in [7, 11) is 0. The number of pyridine rings is 1. The zero-order valence-corrected chi connectivity index (χ0v) is 15.6. The molecule has 0 atom stereocenters. The summed E-state index contributed by atoms with van der Waals surface area (Å²) in [6.07, 6.45) is 3.20. The lowest BCUT2D eigenvalue weighted by Crippen LogP contribution is -2.13. The number of anilines is 2. The van der Waals surface area contributed by atoms with Crippen LogP contribution in [0.2, 0.25) is 10.0 Å². The number of rotatable bonds is 5. The van der Waals surface area contributed by atoms with Crippen molar-refractivity contribution in [3.63, 3.8) is 0 Å². The van der Waals surface area contributed by atoms with E-state index in [2.05, 4.69) is 34.7 Å². The smallest absolute Gasteiger partial charge is 0.257 e. The first-order valence-electron chi connectivity index (χ1n) is 8.03. The van der Waals surface area contributed by atoms with Crippen LogP contribution in [0.5, 0.6) is 0 Å². The summed E-state index contributed by atoms with van der Waals surface area (Å²) in [6, 6.07) is 14.8. The van der Waals surface area contributed by atoms with Crippen molar-refractivity contribution in [3.8, 4) is 0 Å². The van der Waals surface area contributed by atoms with Crippen molar-refractivity contribution in [1.82, 2.24) is 4.98 Å². The van der Waals surface area contributed by atoms with Gasteiger partial charge in [-0.3, -0.25) is 9.78 Å². The van der Waals surface area contributed by atoms with Crippen molar-refractivity contribution < 1.29 is 4.79 Å². The lowest BCUT2D eigenvalue weighted by molar-refractivity contribution is 0.102. The van der Waals surface area contributed by atoms with Gasteiger partial charge in [0.05, 0.1) is 22.0 Å². The number of aromatic nitrogens is 1. The van der Waals surface area contributed by atoms with Crippen LogP contribution in [-0.2, 0) is 6.54 Å². The molecule has 1 heterocycles. The Morgan fingerprint density at radius 2 is 1.88 bits per heavy atom. The highest BCUT2D eigenvalue weighted by Crippen LogP contribution is 2.26. The number of nitrogens with one attached hydrogen (secondary N) is 2. The van der Waals surface area contributed by atoms with Crippen molar-refractivity contribution in [2.24, 2.45) is 0 Å². The average molecular weight is 386 g/mol. The van der Waals surface area contributed by atoms with Crippen molar-refractivity contribution in [1.29, 1.82) is 0 Å². The first-order valence-corrected chi connectivity index (χ1v) is 8.78. The van der Waals surface area contributed by atoms with E-state index in [-0.39, 0.29) is 5.91 Å². The molecule has 26 heavy (non-hydrogen) atoms. The van der Waals surface area contributed by atoms with E-state index in [9.17, 15) is 4.79 Å². The molecule has 1 amide bonds. The van der Waals surface area contributed by atoms with Crippen LogP contribution >= 0.6 is 23.2 Å². The van der Waals surface area contributed by atoms with Crippen LogP contribution in [0.4, 0.5) is 11.4 Å². The fourth-order valence-corrected chi connectivity index (χ4v) is 2.91. The van der Waals surface area contributed by atoms with E-state index in [0.717, 1.165) is 5.69 Å². The molecule has 4 nitrogen and oxygen atoms in total. The van der Waals surface area contributed by atoms with Crippen LogP contribution in [0.3, 0.4) is 0 Å². The molecular weight excluding hydrogens is 369 g/mol. The number of halogens is 2. The number of aryl methyl sites for hydroxylation is 1. The normalized spacial score (nSPS) is 10.4. The van der Waals surface area contributed by atoms with Crippen LogP contribution in [0, 0.1) is 6.92 Å². The Morgan fingerprint density at radius 3 is 2.65 bits per heavy atom. The Morgan fingerprint density at radius 1 is 1.08 bits per heavy atom.